The lowest BCUT2D eigenvalue weighted by Gasteiger charge is -2.04. The molecule has 0 saturated heterocycles. The second-order valence-electron chi connectivity index (χ2n) is 5.94. The Morgan fingerprint density at radius 3 is 2.58 bits per heavy atom. The van der Waals surface area contributed by atoms with Crippen molar-refractivity contribution in [3.8, 4) is 11.3 Å². The van der Waals surface area contributed by atoms with Crippen molar-refractivity contribution in [1.82, 2.24) is 23.8 Å². The highest BCUT2D eigenvalue weighted by atomic mass is 35.5. The molecule has 0 bridgehead atoms. The number of aryl methyl sites for hydroxylation is 1. The average molecular weight is 372 g/mol. The Morgan fingerprint density at radius 1 is 1.12 bits per heavy atom. The van der Waals surface area contributed by atoms with E-state index in [2.05, 4.69) is 10.1 Å². The molecule has 0 amide bonds. The number of hydrogen-bond donors (Lipinski definition) is 0. The summed E-state index contributed by atoms with van der Waals surface area (Å²) in [5.74, 6) is 0.560. The van der Waals surface area contributed by atoms with Crippen LogP contribution in [0.15, 0.2) is 50.8 Å². The van der Waals surface area contributed by atoms with E-state index in [1.54, 1.807) is 29.8 Å². The van der Waals surface area contributed by atoms with Gasteiger partial charge in [0.25, 0.3) is 5.56 Å². The Kier molecular flexibility index (Phi) is 3.77. The number of fused-ring (bicyclic) bond motifs is 1. The fraction of sp³-hybridized carbons (Fsp3) is 0.176. The van der Waals surface area contributed by atoms with Crippen LogP contribution in [0.25, 0.3) is 22.4 Å². The maximum absolute atomic E-state index is 12.5. The van der Waals surface area contributed by atoms with Crippen molar-refractivity contribution in [3.05, 3.63) is 68.3 Å². The van der Waals surface area contributed by atoms with Crippen molar-refractivity contribution in [2.45, 2.75) is 6.54 Å². The van der Waals surface area contributed by atoms with Crippen molar-refractivity contribution in [2.75, 3.05) is 0 Å². The van der Waals surface area contributed by atoms with Crippen molar-refractivity contribution in [1.29, 1.82) is 0 Å². The molecule has 8 nitrogen and oxygen atoms in total. The highest BCUT2D eigenvalue weighted by Gasteiger charge is 2.16. The molecule has 4 rings (SSSR count). The smallest absolute Gasteiger partial charge is 0.332 e. The lowest BCUT2D eigenvalue weighted by atomic mass is 10.1. The molecular formula is C17H14ClN5O3. The first kappa shape index (κ1) is 16.3. The predicted molar refractivity (Wildman–Crippen MR) is 96.3 cm³/mol. The summed E-state index contributed by atoms with van der Waals surface area (Å²) in [5, 5.41) is 4.70. The second-order valence-corrected chi connectivity index (χ2v) is 6.37. The van der Waals surface area contributed by atoms with E-state index >= 15 is 0 Å². The molecule has 1 aromatic carbocycles. The van der Waals surface area contributed by atoms with Crippen molar-refractivity contribution in [2.24, 2.45) is 14.1 Å². The van der Waals surface area contributed by atoms with E-state index in [0.717, 1.165) is 10.1 Å². The largest absolute Gasteiger partial charge is 0.359 e. The zero-order chi connectivity index (χ0) is 18.4. The minimum atomic E-state index is -0.419. The molecule has 9 heteroatoms. The summed E-state index contributed by atoms with van der Waals surface area (Å²) in [6.45, 7) is 0.268. The van der Waals surface area contributed by atoms with Crippen LogP contribution in [0.1, 0.15) is 5.76 Å². The van der Waals surface area contributed by atoms with Crippen LogP contribution >= 0.6 is 11.6 Å². The van der Waals surface area contributed by atoms with Crippen molar-refractivity contribution >= 4 is 22.8 Å². The number of hydrogen-bond acceptors (Lipinski definition) is 5. The van der Waals surface area contributed by atoms with Gasteiger partial charge < -0.3 is 9.09 Å². The summed E-state index contributed by atoms with van der Waals surface area (Å²) in [7, 11) is 3.02. The molecule has 0 unspecified atom stereocenters. The minimum absolute atomic E-state index is 0.268. The van der Waals surface area contributed by atoms with Gasteiger partial charge in [-0.05, 0) is 12.1 Å². The van der Waals surface area contributed by atoms with Crippen LogP contribution in [-0.2, 0) is 20.6 Å². The van der Waals surface area contributed by atoms with Gasteiger partial charge in [0.1, 0.15) is 5.69 Å². The van der Waals surface area contributed by atoms with E-state index in [4.69, 9.17) is 16.1 Å². The van der Waals surface area contributed by atoms with Crippen LogP contribution in [0.5, 0.6) is 0 Å². The molecule has 26 heavy (non-hydrogen) atoms. The van der Waals surface area contributed by atoms with Gasteiger partial charge in [0.15, 0.2) is 16.9 Å². The average Bonchev–Trinajstić information content (AvgIpc) is 3.26. The Hall–Kier alpha value is -3.13. The summed E-state index contributed by atoms with van der Waals surface area (Å²) in [6, 6.07) is 9.05. The SMILES string of the molecule is Cn1c(=O)c2c(ncn2Cc2cc(-c3ccc(Cl)cc3)no2)n(C)c1=O. The van der Waals surface area contributed by atoms with E-state index < -0.39 is 11.2 Å². The molecule has 4 aromatic rings. The number of benzene rings is 1. The molecule has 132 valence electrons. The molecule has 0 spiro atoms. The molecular weight excluding hydrogens is 358 g/mol. The van der Waals surface area contributed by atoms with E-state index in [9.17, 15) is 9.59 Å². The highest BCUT2D eigenvalue weighted by Crippen LogP contribution is 2.22. The molecule has 3 heterocycles. The fourth-order valence-corrected chi connectivity index (χ4v) is 2.95. The standard InChI is InChI=1S/C17H14ClN5O3/c1-21-15-14(16(24)22(2)17(21)25)23(9-19-15)8-12-7-13(20-26-12)10-3-5-11(18)6-4-10/h3-7,9H,8H2,1-2H3. The van der Waals surface area contributed by atoms with Gasteiger partial charge in [0, 0.05) is 30.7 Å². The zero-order valence-electron chi connectivity index (χ0n) is 14.0. The van der Waals surface area contributed by atoms with Gasteiger partial charge in [-0.1, -0.05) is 28.9 Å². The van der Waals surface area contributed by atoms with Gasteiger partial charge in [-0.25, -0.2) is 9.78 Å². The molecule has 0 N–H and O–H groups in total. The van der Waals surface area contributed by atoms with E-state index in [-0.39, 0.29) is 6.54 Å². The minimum Gasteiger partial charge on any atom is -0.359 e. The third-order valence-corrected chi connectivity index (χ3v) is 4.49. The quantitative estimate of drug-likeness (QED) is 0.548. The molecule has 0 atom stereocenters. The summed E-state index contributed by atoms with van der Waals surface area (Å²) < 4.78 is 9.42. The highest BCUT2D eigenvalue weighted by molar-refractivity contribution is 6.30. The van der Waals surface area contributed by atoms with Gasteiger partial charge in [-0.2, -0.15) is 0 Å². The Morgan fingerprint density at radius 2 is 1.85 bits per heavy atom. The van der Waals surface area contributed by atoms with Crippen LogP contribution in [0.4, 0.5) is 0 Å². The number of imidazole rings is 1. The molecule has 0 aliphatic carbocycles. The zero-order valence-corrected chi connectivity index (χ0v) is 14.8. The third kappa shape index (κ3) is 2.55. The topological polar surface area (TPSA) is 87.8 Å². The molecule has 0 aliphatic rings. The first-order chi connectivity index (χ1) is 12.5. The van der Waals surface area contributed by atoms with Crippen molar-refractivity contribution < 1.29 is 4.52 Å². The van der Waals surface area contributed by atoms with E-state index in [1.165, 1.54) is 17.9 Å². The number of rotatable bonds is 3. The molecule has 0 fully saturated rings. The normalized spacial score (nSPS) is 11.3. The van der Waals surface area contributed by atoms with Crippen LogP contribution in [-0.4, -0.2) is 23.8 Å². The van der Waals surface area contributed by atoms with E-state index in [1.807, 2.05) is 12.1 Å². The molecule has 0 saturated carbocycles. The van der Waals surface area contributed by atoms with Crippen LogP contribution in [0, 0.1) is 0 Å². The van der Waals surface area contributed by atoms with Gasteiger partial charge >= 0.3 is 5.69 Å². The van der Waals surface area contributed by atoms with Crippen LogP contribution in [0.2, 0.25) is 5.02 Å². The van der Waals surface area contributed by atoms with Gasteiger partial charge in [-0.3, -0.25) is 13.9 Å². The maximum atomic E-state index is 12.5. The number of halogens is 1. The maximum Gasteiger partial charge on any atom is 0.332 e. The van der Waals surface area contributed by atoms with Crippen molar-refractivity contribution in [3.63, 3.8) is 0 Å². The van der Waals surface area contributed by atoms with Crippen LogP contribution < -0.4 is 11.2 Å². The summed E-state index contributed by atoms with van der Waals surface area (Å²) >= 11 is 5.90. The first-order valence-corrected chi connectivity index (χ1v) is 8.16. The third-order valence-electron chi connectivity index (χ3n) is 4.24. The lowest BCUT2D eigenvalue weighted by molar-refractivity contribution is 0.379. The van der Waals surface area contributed by atoms with Crippen LogP contribution in [0.3, 0.4) is 0 Å². The fourth-order valence-electron chi connectivity index (χ4n) is 2.83. The molecule has 0 aliphatic heterocycles. The lowest BCUT2D eigenvalue weighted by Crippen LogP contribution is -2.37. The predicted octanol–water partition coefficient (Wildman–Crippen LogP) is 1.79. The number of nitrogens with zero attached hydrogens (tertiary/aromatic N) is 5. The molecule has 3 aromatic heterocycles. The summed E-state index contributed by atoms with van der Waals surface area (Å²) in [6.07, 6.45) is 1.51. The summed E-state index contributed by atoms with van der Waals surface area (Å²) in [4.78, 5) is 28.6. The van der Waals surface area contributed by atoms with E-state index in [0.29, 0.717) is 27.6 Å². The Labute approximate surface area is 151 Å². The molecule has 0 radical (unpaired) electrons. The second kappa shape index (κ2) is 5.99. The van der Waals surface area contributed by atoms with Gasteiger partial charge in [-0.15, -0.1) is 0 Å². The monoisotopic (exact) mass is 371 g/mol. The summed E-state index contributed by atoms with van der Waals surface area (Å²) in [5.41, 5.74) is 1.38. The Balaban J connectivity index is 1.74. The van der Waals surface area contributed by atoms with Gasteiger partial charge in [0.2, 0.25) is 0 Å². The van der Waals surface area contributed by atoms with Gasteiger partial charge in [0.05, 0.1) is 12.9 Å². The Bertz CT molecular complexity index is 1230. The first-order valence-electron chi connectivity index (χ1n) is 7.78. The number of aromatic nitrogens is 5.